The van der Waals surface area contributed by atoms with Crippen LogP contribution in [0.1, 0.15) is 0 Å². The van der Waals surface area contributed by atoms with Gasteiger partial charge in [0.2, 0.25) is 7.41 Å². The van der Waals surface area contributed by atoms with Crippen LogP contribution < -0.4 is 5.32 Å². The van der Waals surface area contributed by atoms with Crippen LogP contribution >= 0.6 is 0 Å². The van der Waals surface area contributed by atoms with Gasteiger partial charge in [-0.2, -0.15) is 0 Å². The fraction of sp³-hybridized carbons (Fsp3) is 1.00. The maximum absolute atomic E-state index is 3.31. The third-order valence-electron chi connectivity index (χ3n) is 1.66. The van der Waals surface area contributed by atoms with Gasteiger partial charge >= 0.3 is 0 Å². The average molecular weight is 112 g/mol. The molecule has 0 radical (unpaired) electrons. The maximum Gasteiger partial charge on any atom is 0.201 e. The molecule has 0 aromatic rings. The van der Waals surface area contributed by atoms with Crippen molar-refractivity contribution in [1.82, 2.24) is 10.1 Å². The Kier molecular flexibility index (Phi) is 2.37. The lowest BCUT2D eigenvalue weighted by Crippen LogP contribution is -2.44. The molecule has 1 aliphatic heterocycles. The smallest absolute Gasteiger partial charge is 0.201 e. The van der Waals surface area contributed by atoms with Crippen LogP contribution in [-0.2, 0) is 0 Å². The summed E-state index contributed by atoms with van der Waals surface area (Å²) in [7, 11) is 1.21. The lowest BCUT2D eigenvalue weighted by atomic mass is 9.95. The van der Waals surface area contributed by atoms with Crippen LogP contribution in [0.5, 0.6) is 0 Å². The minimum atomic E-state index is 1.17. The van der Waals surface area contributed by atoms with Crippen molar-refractivity contribution in [2.24, 2.45) is 0 Å². The molecule has 0 spiro atoms. The predicted octanol–water partition coefficient (Wildman–Crippen LogP) is -0.709. The van der Waals surface area contributed by atoms with Crippen molar-refractivity contribution in [2.75, 3.05) is 26.2 Å². The quantitative estimate of drug-likeness (QED) is 0.451. The average Bonchev–Trinajstić information content (AvgIpc) is 1.90. The summed E-state index contributed by atoms with van der Waals surface area (Å²) in [6.45, 7) is 7.03. The zero-order valence-corrected chi connectivity index (χ0v) is 5.48. The number of nitrogens with zero attached hydrogens (tertiary/aromatic N) is 1. The molecule has 0 amide bonds. The summed E-state index contributed by atoms with van der Waals surface area (Å²) >= 11 is 0. The lowest BCUT2D eigenvalue weighted by molar-refractivity contribution is 0.377. The number of rotatable bonds is 1. The second-order valence-corrected chi connectivity index (χ2v) is 2.18. The van der Waals surface area contributed by atoms with Crippen molar-refractivity contribution in [3.63, 3.8) is 0 Å². The summed E-state index contributed by atoms with van der Waals surface area (Å²) in [5.74, 6) is 0. The number of hydrogen-bond acceptors (Lipinski definition) is 2. The molecule has 0 bridgehead atoms. The van der Waals surface area contributed by atoms with Crippen LogP contribution in [0.25, 0.3) is 0 Å². The van der Waals surface area contributed by atoms with E-state index in [1.807, 2.05) is 0 Å². The Morgan fingerprint density at radius 1 is 1.38 bits per heavy atom. The van der Waals surface area contributed by atoms with Crippen LogP contribution in [0, 0.1) is 0 Å². The molecule has 8 heavy (non-hydrogen) atoms. The van der Waals surface area contributed by atoms with Gasteiger partial charge in [0, 0.05) is 13.1 Å². The molecule has 0 aromatic heterocycles. The Labute approximate surface area is 51.5 Å². The van der Waals surface area contributed by atoms with E-state index in [0.29, 0.717) is 0 Å². The molecule has 1 saturated heterocycles. The minimum absolute atomic E-state index is 1.17. The Morgan fingerprint density at radius 2 is 2.00 bits per heavy atom. The normalized spacial score (nSPS) is 23.1. The molecule has 3 heteroatoms. The number of nitrogens with one attached hydrogen (secondary N) is 1. The molecule has 46 valence electrons. The van der Waals surface area contributed by atoms with Gasteiger partial charge in [0.15, 0.2) is 0 Å². The molecule has 0 unspecified atom stereocenters. The molecule has 0 atom stereocenters. The molecule has 1 N–H and O–H groups in total. The fourth-order valence-electron chi connectivity index (χ4n) is 1.03. The summed E-state index contributed by atoms with van der Waals surface area (Å²) < 4.78 is 0. The molecule has 0 saturated carbocycles. The maximum atomic E-state index is 3.31. The lowest BCUT2D eigenvalue weighted by Gasteiger charge is -2.25. The van der Waals surface area contributed by atoms with Gasteiger partial charge in [0.05, 0.1) is 0 Å². The van der Waals surface area contributed by atoms with Crippen molar-refractivity contribution in [1.29, 1.82) is 0 Å². The van der Waals surface area contributed by atoms with E-state index in [9.17, 15) is 0 Å². The Hall–Kier alpha value is -0.0151. The molecule has 1 heterocycles. The van der Waals surface area contributed by atoms with Crippen molar-refractivity contribution in [2.45, 2.75) is 6.82 Å². The SMILES string of the molecule is CBN1CCNCC1. The van der Waals surface area contributed by atoms with Gasteiger partial charge < -0.3 is 10.1 Å². The van der Waals surface area contributed by atoms with Gasteiger partial charge in [-0.15, -0.1) is 0 Å². The Balaban J connectivity index is 2.13. The summed E-state index contributed by atoms with van der Waals surface area (Å²) in [4.78, 5) is 2.45. The van der Waals surface area contributed by atoms with E-state index in [0.717, 1.165) is 0 Å². The van der Waals surface area contributed by atoms with Gasteiger partial charge in [-0.1, -0.05) is 6.82 Å². The molecule has 0 aliphatic carbocycles. The van der Waals surface area contributed by atoms with Crippen molar-refractivity contribution < 1.29 is 0 Å². The Morgan fingerprint density at radius 3 is 2.38 bits per heavy atom. The highest BCUT2D eigenvalue weighted by atomic mass is 15.1. The first kappa shape index (κ1) is 6.11. The van der Waals surface area contributed by atoms with Crippen molar-refractivity contribution in [3.05, 3.63) is 0 Å². The van der Waals surface area contributed by atoms with Crippen LogP contribution in [0.3, 0.4) is 0 Å². The highest BCUT2D eigenvalue weighted by molar-refractivity contribution is 6.29. The van der Waals surface area contributed by atoms with Gasteiger partial charge in [-0.25, -0.2) is 0 Å². The second kappa shape index (κ2) is 3.10. The first-order valence-electron chi connectivity index (χ1n) is 3.36. The molecular formula is C5H13BN2. The molecule has 1 aliphatic rings. The highest BCUT2D eigenvalue weighted by Gasteiger charge is 2.05. The molecule has 1 fully saturated rings. The zero-order valence-electron chi connectivity index (χ0n) is 5.48. The van der Waals surface area contributed by atoms with Gasteiger partial charge in [0.1, 0.15) is 0 Å². The van der Waals surface area contributed by atoms with E-state index in [2.05, 4.69) is 17.0 Å². The highest BCUT2D eigenvalue weighted by Crippen LogP contribution is 1.86. The van der Waals surface area contributed by atoms with E-state index in [1.54, 1.807) is 0 Å². The van der Waals surface area contributed by atoms with E-state index >= 15 is 0 Å². The predicted molar refractivity (Wildman–Crippen MR) is 37.5 cm³/mol. The van der Waals surface area contributed by atoms with E-state index in [4.69, 9.17) is 0 Å². The summed E-state index contributed by atoms with van der Waals surface area (Å²) in [5, 5.41) is 3.31. The van der Waals surface area contributed by atoms with Crippen LogP contribution in [0.15, 0.2) is 0 Å². The van der Waals surface area contributed by atoms with Gasteiger partial charge in [-0.3, -0.25) is 0 Å². The third kappa shape index (κ3) is 1.49. The standard InChI is InChI=1S/C5H13BN2/c1-6-8-4-2-7-3-5-8/h6-7H,2-5H2,1H3. The largest absolute Gasteiger partial charge is 0.343 e. The van der Waals surface area contributed by atoms with Crippen LogP contribution in [0.4, 0.5) is 0 Å². The topological polar surface area (TPSA) is 15.3 Å². The second-order valence-electron chi connectivity index (χ2n) is 2.18. The van der Waals surface area contributed by atoms with Crippen molar-refractivity contribution in [3.8, 4) is 0 Å². The first-order chi connectivity index (χ1) is 3.93. The van der Waals surface area contributed by atoms with Crippen LogP contribution in [-0.4, -0.2) is 38.4 Å². The molecular weight excluding hydrogens is 98.9 g/mol. The summed E-state index contributed by atoms with van der Waals surface area (Å²) in [5.41, 5.74) is 0. The molecule has 0 aromatic carbocycles. The first-order valence-corrected chi connectivity index (χ1v) is 3.36. The fourth-order valence-corrected chi connectivity index (χ4v) is 1.03. The third-order valence-corrected chi connectivity index (χ3v) is 1.66. The summed E-state index contributed by atoms with van der Waals surface area (Å²) in [6, 6.07) is 0. The van der Waals surface area contributed by atoms with Gasteiger partial charge in [0.25, 0.3) is 0 Å². The number of piperazine rings is 1. The molecule has 2 nitrogen and oxygen atoms in total. The Bertz CT molecular complexity index is 61.4. The monoisotopic (exact) mass is 112 g/mol. The van der Waals surface area contributed by atoms with E-state index in [1.165, 1.54) is 33.6 Å². The van der Waals surface area contributed by atoms with Gasteiger partial charge in [-0.05, 0) is 13.1 Å². The summed E-state index contributed by atoms with van der Waals surface area (Å²) in [6.07, 6.45) is 0. The zero-order chi connectivity index (χ0) is 5.82. The minimum Gasteiger partial charge on any atom is -0.343 e. The van der Waals surface area contributed by atoms with Crippen LogP contribution in [0.2, 0.25) is 6.82 Å². The van der Waals surface area contributed by atoms with E-state index in [-0.39, 0.29) is 0 Å². The van der Waals surface area contributed by atoms with E-state index < -0.39 is 0 Å². The molecule has 1 rings (SSSR count). The van der Waals surface area contributed by atoms with Crippen molar-refractivity contribution >= 4 is 7.41 Å². The number of hydrogen-bond donors (Lipinski definition) is 1.